The number of phenols is 1. The summed E-state index contributed by atoms with van der Waals surface area (Å²) in [6.07, 6.45) is 0. The Morgan fingerprint density at radius 1 is 1.21 bits per heavy atom. The van der Waals surface area contributed by atoms with E-state index in [0.717, 1.165) is 20.4 Å². The highest BCUT2D eigenvalue weighted by molar-refractivity contribution is 14.1. The van der Waals surface area contributed by atoms with Crippen LogP contribution < -0.4 is 5.32 Å². The largest absolute Gasteiger partial charge is 0.507 e. The zero-order chi connectivity index (χ0) is 14.0. The van der Waals surface area contributed by atoms with Gasteiger partial charge in [0.2, 0.25) is 0 Å². The van der Waals surface area contributed by atoms with Gasteiger partial charge < -0.3 is 10.4 Å². The number of hydrogen-bond donors (Lipinski definition) is 2. The van der Waals surface area contributed by atoms with E-state index in [-0.39, 0.29) is 11.7 Å². The molecule has 2 rings (SSSR count). The minimum atomic E-state index is -0.222. The van der Waals surface area contributed by atoms with E-state index in [4.69, 9.17) is 0 Å². The molecule has 0 heterocycles. The highest BCUT2D eigenvalue weighted by atomic mass is 127. The molecule has 2 aromatic carbocycles. The van der Waals surface area contributed by atoms with Gasteiger partial charge in [-0.15, -0.1) is 0 Å². The van der Waals surface area contributed by atoms with Crippen molar-refractivity contribution in [2.24, 2.45) is 0 Å². The molecule has 0 aromatic heterocycles. The molecule has 0 fully saturated rings. The molecule has 0 saturated heterocycles. The predicted octanol–water partition coefficient (Wildman–Crippen LogP) is 3.87. The van der Waals surface area contributed by atoms with Crippen LogP contribution in [0.2, 0.25) is 0 Å². The molecular weight excluding hydrogens is 353 g/mol. The minimum absolute atomic E-state index is 0.120. The van der Waals surface area contributed by atoms with Crippen molar-refractivity contribution in [2.45, 2.75) is 13.8 Å². The van der Waals surface area contributed by atoms with Gasteiger partial charge in [-0.1, -0.05) is 12.1 Å². The van der Waals surface area contributed by atoms with Gasteiger partial charge in [-0.25, -0.2) is 0 Å². The molecule has 0 aliphatic carbocycles. The third-order valence-corrected chi connectivity index (χ3v) is 3.97. The van der Waals surface area contributed by atoms with Crippen molar-refractivity contribution in [1.82, 2.24) is 0 Å². The van der Waals surface area contributed by atoms with Crippen LogP contribution in [0, 0.1) is 17.4 Å². The van der Waals surface area contributed by atoms with Crippen LogP contribution in [0.3, 0.4) is 0 Å². The summed E-state index contributed by atoms with van der Waals surface area (Å²) in [5.41, 5.74) is 3.41. The van der Waals surface area contributed by atoms with E-state index in [1.807, 2.05) is 54.6 Å². The fourth-order valence-corrected chi connectivity index (χ4v) is 2.07. The highest BCUT2D eigenvalue weighted by Gasteiger charge is 2.10. The number of nitrogens with one attached hydrogen (secondary N) is 1. The van der Waals surface area contributed by atoms with Crippen molar-refractivity contribution < 1.29 is 9.90 Å². The van der Waals surface area contributed by atoms with Crippen LogP contribution in [-0.4, -0.2) is 11.0 Å². The van der Waals surface area contributed by atoms with Crippen LogP contribution in [0.15, 0.2) is 36.4 Å². The lowest BCUT2D eigenvalue weighted by Gasteiger charge is -2.10. The summed E-state index contributed by atoms with van der Waals surface area (Å²) in [6, 6.07) is 10.7. The first kappa shape index (κ1) is 13.9. The number of anilines is 1. The van der Waals surface area contributed by atoms with Gasteiger partial charge in [0.25, 0.3) is 5.91 Å². The number of carbonyl (C=O) groups is 1. The van der Waals surface area contributed by atoms with Gasteiger partial charge >= 0.3 is 0 Å². The van der Waals surface area contributed by atoms with Gasteiger partial charge in [-0.2, -0.15) is 0 Å². The first-order chi connectivity index (χ1) is 8.99. The van der Waals surface area contributed by atoms with Crippen molar-refractivity contribution in [3.63, 3.8) is 0 Å². The average Bonchev–Trinajstić information content (AvgIpc) is 2.38. The molecule has 4 heteroatoms. The molecule has 19 heavy (non-hydrogen) atoms. The van der Waals surface area contributed by atoms with Gasteiger partial charge in [-0.3, -0.25) is 4.79 Å². The molecule has 0 unspecified atom stereocenters. The quantitative estimate of drug-likeness (QED) is 0.792. The van der Waals surface area contributed by atoms with E-state index >= 15 is 0 Å². The maximum atomic E-state index is 12.1. The Labute approximate surface area is 125 Å². The van der Waals surface area contributed by atoms with E-state index in [1.165, 1.54) is 6.07 Å². The van der Waals surface area contributed by atoms with Crippen molar-refractivity contribution in [1.29, 1.82) is 0 Å². The van der Waals surface area contributed by atoms with Gasteiger partial charge in [-0.05, 0) is 71.8 Å². The van der Waals surface area contributed by atoms with E-state index < -0.39 is 0 Å². The molecule has 0 radical (unpaired) electrons. The lowest BCUT2D eigenvalue weighted by molar-refractivity contribution is 0.102. The fourth-order valence-electron chi connectivity index (χ4n) is 1.73. The third kappa shape index (κ3) is 3.07. The molecule has 0 bridgehead atoms. The molecule has 1 amide bonds. The molecule has 2 N–H and O–H groups in total. The summed E-state index contributed by atoms with van der Waals surface area (Å²) in [5.74, 6) is -0.102. The topological polar surface area (TPSA) is 49.3 Å². The van der Waals surface area contributed by atoms with E-state index in [2.05, 4.69) is 5.32 Å². The van der Waals surface area contributed by atoms with Crippen molar-refractivity contribution >= 4 is 34.2 Å². The van der Waals surface area contributed by atoms with Crippen molar-refractivity contribution in [3.8, 4) is 5.75 Å². The van der Waals surface area contributed by atoms with Crippen LogP contribution in [0.1, 0.15) is 21.5 Å². The number of aromatic hydroxyl groups is 1. The lowest BCUT2D eigenvalue weighted by Crippen LogP contribution is -2.13. The second kappa shape index (κ2) is 5.61. The smallest absolute Gasteiger partial charge is 0.255 e. The summed E-state index contributed by atoms with van der Waals surface area (Å²) in [7, 11) is 0. The molecule has 0 atom stereocenters. The number of halogens is 1. The molecule has 0 aliphatic rings. The average molecular weight is 367 g/mol. The monoisotopic (exact) mass is 367 g/mol. The molecule has 0 spiro atoms. The molecule has 3 nitrogen and oxygen atoms in total. The van der Waals surface area contributed by atoms with Crippen LogP contribution >= 0.6 is 22.6 Å². The van der Waals surface area contributed by atoms with Gasteiger partial charge in [0, 0.05) is 11.3 Å². The Hall–Kier alpha value is -1.56. The first-order valence-electron chi connectivity index (χ1n) is 5.85. The predicted molar refractivity (Wildman–Crippen MR) is 84.7 cm³/mol. The van der Waals surface area contributed by atoms with Crippen LogP contribution in [0.4, 0.5) is 5.69 Å². The standard InChI is InChI=1S/C15H14INO2/c1-9-4-3-5-13(10(9)2)17-15(19)11-6-7-12(16)14(18)8-11/h3-8,18H,1-2H3,(H,17,19). The zero-order valence-electron chi connectivity index (χ0n) is 10.7. The normalized spacial score (nSPS) is 10.3. The molecular formula is C15H14INO2. The maximum absolute atomic E-state index is 12.1. The Bertz CT molecular complexity index is 638. The summed E-state index contributed by atoms with van der Waals surface area (Å²) < 4.78 is 0.723. The van der Waals surface area contributed by atoms with Crippen LogP contribution in [0.25, 0.3) is 0 Å². The third-order valence-electron chi connectivity index (χ3n) is 3.06. The number of amides is 1. The molecule has 0 aliphatic heterocycles. The van der Waals surface area contributed by atoms with Crippen molar-refractivity contribution in [2.75, 3.05) is 5.32 Å². The Kier molecular flexibility index (Phi) is 4.09. The number of phenolic OH excluding ortho intramolecular Hbond substituents is 1. The Morgan fingerprint density at radius 2 is 1.95 bits per heavy atom. The first-order valence-corrected chi connectivity index (χ1v) is 6.93. The molecule has 0 saturated carbocycles. The summed E-state index contributed by atoms with van der Waals surface area (Å²) in [4.78, 5) is 12.1. The highest BCUT2D eigenvalue weighted by Crippen LogP contribution is 2.22. The van der Waals surface area contributed by atoms with E-state index in [0.29, 0.717) is 5.56 Å². The van der Waals surface area contributed by atoms with Gasteiger partial charge in [0.1, 0.15) is 5.75 Å². The molecule has 2 aromatic rings. The van der Waals surface area contributed by atoms with Crippen molar-refractivity contribution in [3.05, 3.63) is 56.7 Å². The second-order valence-corrected chi connectivity index (χ2v) is 5.53. The van der Waals surface area contributed by atoms with Crippen LogP contribution in [0.5, 0.6) is 5.75 Å². The second-order valence-electron chi connectivity index (χ2n) is 4.37. The summed E-state index contributed by atoms with van der Waals surface area (Å²) >= 11 is 2.02. The zero-order valence-corrected chi connectivity index (χ0v) is 12.9. The van der Waals surface area contributed by atoms with E-state index in [9.17, 15) is 9.90 Å². The molecule has 98 valence electrons. The fraction of sp³-hybridized carbons (Fsp3) is 0.133. The summed E-state index contributed by atoms with van der Waals surface area (Å²) in [6.45, 7) is 3.97. The maximum Gasteiger partial charge on any atom is 0.255 e. The van der Waals surface area contributed by atoms with Crippen LogP contribution in [-0.2, 0) is 0 Å². The Balaban J connectivity index is 2.26. The lowest BCUT2D eigenvalue weighted by atomic mass is 10.1. The Morgan fingerprint density at radius 3 is 2.63 bits per heavy atom. The SMILES string of the molecule is Cc1cccc(NC(=O)c2ccc(I)c(O)c2)c1C. The van der Waals surface area contributed by atoms with Gasteiger partial charge in [0.15, 0.2) is 0 Å². The summed E-state index contributed by atoms with van der Waals surface area (Å²) in [5, 5.41) is 12.5. The van der Waals surface area contributed by atoms with Gasteiger partial charge in [0.05, 0.1) is 3.57 Å². The number of aryl methyl sites for hydroxylation is 1. The minimum Gasteiger partial charge on any atom is -0.507 e. The van der Waals surface area contributed by atoms with E-state index in [1.54, 1.807) is 12.1 Å². The number of carbonyl (C=O) groups excluding carboxylic acids is 1. The number of hydrogen-bond acceptors (Lipinski definition) is 2. The number of benzene rings is 2. The number of rotatable bonds is 2.